The van der Waals surface area contributed by atoms with E-state index in [-0.39, 0.29) is 11.8 Å². The average molecular weight is 459 g/mol. The van der Waals surface area contributed by atoms with Crippen LogP contribution in [0.4, 0.5) is 13.2 Å². The van der Waals surface area contributed by atoms with Gasteiger partial charge in [-0.3, -0.25) is 9.25 Å². The second-order valence-electron chi connectivity index (χ2n) is 7.90. The van der Waals surface area contributed by atoms with E-state index in [9.17, 15) is 18.3 Å². The zero-order valence-corrected chi connectivity index (χ0v) is 17.8. The number of nitrogens with zero attached hydrogens (tertiary/aromatic N) is 5. The molecule has 172 valence electrons. The Morgan fingerprint density at radius 1 is 1.12 bits per heavy atom. The highest BCUT2D eigenvalue weighted by atomic mass is 19.4. The van der Waals surface area contributed by atoms with Crippen molar-refractivity contribution in [2.24, 2.45) is 0 Å². The second kappa shape index (κ2) is 7.68. The molecular formula is C22H20F3N5O3. The highest BCUT2D eigenvalue weighted by Gasteiger charge is 2.31. The molecule has 0 aromatic carbocycles. The summed E-state index contributed by atoms with van der Waals surface area (Å²) in [6.07, 6.45) is 3.32. The van der Waals surface area contributed by atoms with Crippen molar-refractivity contribution in [3.63, 3.8) is 0 Å². The Labute approximate surface area is 186 Å². The van der Waals surface area contributed by atoms with Crippen molar-refractivity contribution in [2.75, 3.05) is 14.2 Å². The monoisotopic (exact) mass is 459 g/mol. The van der Waals surface area contributed by atoms with Gasteiger partial charge in [-0.05, 0) is 36.5 Å². The first-order valence-corrected chi connectivity index (χ1v) is 10.2. The van der Waals surface area contributed by atoms with Crippen molar-refractivity contribution in [1.82, 2.24) is 24.3 Å². The lowest BCUT2D eigenvalue weighted by atomic mass is 10.0. The van der Waals surface area contributed by atoms with E-state index in [0.717, 1.165) is 23.1 Å². The van der Waals surface area contributed by atoms with Crippen molar-refractivity contribution >= 4 is 10.9 Å². The Morgan fingerprint density at radius 3 is 2.58 bits per heavy atom. The lowest BCUT2D eigenvalue weighted by Gasteiger charge is -2.10. The van der Waals surface area contributed by atoms with Gasteiger partial charge in [0.05, 0.1) is 42.7 Å². The van der Waals surface area contributed by atoms with Crippen LogP contribution in [0.1, 0.15) is 24.3 Å². The van der Waals surface area contributed by atoms with Crippen LogP contribution in [0.2, 0.25) is 0 Å². The van der Waals surface area contributed by atoms with Crippen LogP contribution in [0.3, 0.4) is 0 Å². The Balaban J connectivity index is 1.62. The third-order valence-electron chi connectivity index (χ3n) is 5.56. The van der Waals surface area contributed by atoms with Crippen LogP contribution < -0.4 is 9.47 Å². The van der Waals surface area contributed by atoms with Gasteiger partial charge < -0.3 is 14.6 Å². The van der Waals surface area contributed by atoms with Crippen LogP contribution in [0.15, 0.2) is 36.9 Å². The quantitative estimate of drug-likeness (QED) is 0.459. The number of hydrogen-bond donors (Lipinski definition) is 1. The number of rotatable bonds is 6. The summed E-state index contributed by atoms with van der Waals surface area (Å²) in [5.74, 6) is 1.01. The Kier molecular flexibility index (Phi) is 4.91. The fourth-order valence-electron chi connectivity index (χ4n) is 3.91. The number of fused-ring (bicyclic) bond motifs is 1. The second-order valence-corrected chi connectivity index (χ2v) is 7.90. The SMILES string of the molecule is COc1cc(-c2cc(C3CC3)c3c(O)n(-c4cnn(CC(F)(F)F)c4)cc3n2)cnc1OC. The zero-order chi connectivity index (χ0) is 23.3. The van der Waals surface area contributed by atoms with Gasteiger partial charge in [0.2, 0.25) is 5.88 Å². The first-order chi connectivity index (χ1) is 15.8. The lowest BCUT2D eigenvalue weighted by molar-refractivity contribution is -0.142. The first kappa shape index (κ1) is 21.1. The third kappa shape index (κ3) is 3.94. The van der Waals surface area contributed by atoms with Gasteiger partial charge in [0.25, 0.3) is 5.88 Å². The maximum Gasteiger partial charge on any atom is 0.408 e. The van der Waals surface area contributed by atoms with Crippen molar-refractivity contribution in [2.45, 2.75) is 31.5 Å². The summed E-state index contributed by atoms with van der Waals surface area (Å²) >= 11 is 0. The smallest absolute Gasteiger partial charge is 0.408 e. The van der Waals surface area contributed by atoms with Crippen molar-refractivity contribution in [1.29, 1.82) is 0 Å². The fraction of sp³-hybridized carbons (Fsp3) is 0.318. The number of ether oxygens (including phenoxy) is 2. The molecule has 33 heavy (non-hydrogen) atoms. The molecule has 1 aliphatic carbocycles. The molecule has 1 N–H and O–H groups in total. The molecule has 5 rings (SSSR count). The van der Waals surface area contributed by atoms with Gasteiger partial charge in [-0.15, -0.1) is 0 Å². The number of hydrogen-bond acceptors (Lipinski definition) is 6. The van der Waals surface area contributed by atoms with Gasteiger partial charge in [0.1, 0.15) is 6.54 Å². The number of methoxy groups -OCH3 is 2. The van der Waals surface area contributed by atoms with Crippen molar-refractivity contribution < 1.29 is 27.8 Å². The summed E-state index contributed by atoms with van der Waals surface area (Å²) in [5, 5.41) is 15.3. The largest absolute Gasteiger partial charge is 0.494 e. The molecule has 0 bridgehead atoms. The molecule has 0 unspecified atom stereocenters. The first-order valence-electron chi connectivity index (χ1n) is 10.2. The van der Waals surface area contributed by atoms with Gasteiger partial charge in [-0.2, -0.15) is 18.3 Å². The van der Waals surface area contributed by atoms with Gasteiger partial charge >= 0.3 is 6.18 Å². The number of halogens is 3. The molecule has 4 aromatic heterocycles. The third-order valence-corrected chi connectivity index (χ3v) is 5.56. The van der Waals surface area contributed by atoms with E-state index >= 15 is 0 Å². The zero-order valence-electron chi connectivity index (χ0n) is 17.8. The number of alkyl halides is 3. The summed E-state index contributed by atoms with van der Waals surface area (Å²) < 4.78 is 50.9. The molecule has 0 saturated heterocycles. The van der Waals surface area contributed by atoms with Crippen LogP contribution in [0.5, 0.6) is 17.5 Å². The summed E-state index contributed by atoms with van der Waals surface area (Å²) in [6, 6.07) is 3.69. The van der Waals surface area contributed by atoms with Crippen molar-refractivity contribution in [3.05, 3.63) is 42.5 Å². The summed E-state index contributed by atoms with van der Waals surface area (Å²) in [6.45, 7) is -1.21. The molecular weight excluding hydrogens is 439 g/mol. The summed E-state index contributed by atoms with van der Waals surface area (Å²) in [7, 11) is 3.02. The van der Waals surface area contributed by atoms with Crippen molar-refractivity contribution in [3.8, 4) is 34.5 Å². The molecule has 1 aliphatic rings. The Hall–Kier alpha value is -3.76. The highest BCUT2D eigenvalue weighted by Crippen LogP contribution is 2.47. The Bertz CT molecular complexity index is 1340. The molecule has 0 radical (unpaired) electrons. The van der Waals surface area contributed by atoms with Gasteiger partial charge in [0.15, 0.2) is 5.75 Å². The van der Waals surface area contributed by atoms with Gasteiger partial charge in [-0.25, -0.2) is 9.97 Å². The van der Waals surface area contributed by atoms with E-state index in [0.29, 0.717) is 39.5 Å². The van der Waals surface area contributed by atoms with Crippen LogP contribution in [0, 0.1) is 0 Å². The average Bonchev–Trinajstić information content (AvgIpc) is 3.45. The van der Waals surface area contributed by atoms with E-state index in [4.69, 9.17) is 14.5 Å². The summed E-state index contributed by atoms with van der Waals surface area (Å²) in [4.78, 5) is 8.97. The normalized spacial score (nSPS) is 14.1. The molecule has 0 atom stereocenters. The van der Waals surface area contributed by atoms with Crippen LogP contribution >= 0.6 is 0 Å². The predicted molar refractivity (Wildman–Crippen MR) is 113 cm³/mol. The minimum absolute atomic E-state index is 0.0806. The fourth-order valence-corrected chi connectivity index (χ4v) is 3.91. The summed E-state index contributed by atoms with van der Waals surface area (Å²) in [5.41, 5.74) is 3.12. The number of aromatic hydroxyl groups is 1. The van der Waals surface area contributed by atoms with E-state index in [1.807, 2.05) is 6.07 Å². The van der Waals surface area contributed by atoms with Gasteiger partial charge in [-0.1, -0.05) is 0 Å². The highest BCUT2D eigenvalue weighted by molar-refractivity contribution is 5.91. The predicted octanol–water partition coefficient (Wildman–Crippen LogP) is 4.45. The molecule has 4 heterocycles. The van der Waals surface area contributed by atoms with Crippen LogP contribution in [-0.2, 0) is 6.54 Å². The minimum Gasteiger partial charge on any atom is -0.494 e. The molecule has 4 aromatic rings. The minimum atomic E-state index is -4.39. The lowest BCUT2D eigenvalue weighted by Crippen LogP contribution is -2.17. The number of aromatic nitrogens is 5. The standard InChI is InChI=1S/C22H20F3N5O3/c1-32-18-5-13(7-26-20(18)33-2)16-6-15(12-3-4-12)19-17(28-16)10-30(21(19)31)14-8-27-29(9-14)11-22(23,24)25/h5-10,12,31H,3-4,11H2,1-2H3. The molecule has 11 heteroatoms. The van der Waals surface area contributed by atoms with E-state index < -0.39 is 12.7 Å². The molecule has 0 spiro atoms. The maximum absolute atomic E-state index is 12.7. The maximum atomic E-state index is 12.7. The molecule has 0 aliphatic heterocycles. The van der Waals surface area contributed by atoms with Gasteiger partial charge in [0, 0.05) is 24.2 Å². The molecule has 1 saturated carbocycles. The molecule has 8 nitrogen and oxygen atoms in total. The topological polar surface area (TPSA) is 87.2 Å². The van der Waals surface area contributed by atoms with E-state index in [2.05, 4.69) is 10.1 Å². The number of pyridine rings is 2. The van der Waals surface area contributed by atoms with Crippen LogP contribution in [-0.4, -0.2) is 49.8 Å². The van der Waals surface area contributed by atoms with Crippen LogP contribution in [0.25, 0.3) is 27.8 Å². The molecule has 1 fully saturated rings. The molecule has 0 amide bonds. The van der Waals surface area contributed by atoms with E-state index in [1.54, 1.807) is 18.5 Å². The Morgan fingerprint density at radius 2 is 1.91 bits per heavy atom. The van der Waals surface area contributed by atoms with E-state index in [1.165, 1.54) is 31.2 Å².